The highest BCUT2D eigenvalue weighted by Crippen LogP contribution is 2.32. The monoisotopic (exact) mass is 303 g/mol. The van der Waals surface area contributed by atoms with Crippen molar-refractivity contribution in [2.24, 2.45) is 0 Å². The molecule has 2 rings (SSSR count). The van der Waals surface area contributed by atoms with Crippen molar-refractivity contribution in [1.82, 2.24) is 4.98 Å². The first-order chi connectivity index (χ1) is 10.4. The Hall–Kier alpha value is -3.36. The molecule has 0 atom stereocenters. The Balaban J connectivity index is 2.41. The highest BCUT2D eigenvalue weighted by molar-refractivity contribution is 5.77. The first-order valence-electron chi connectivity index (χ1n) is 5.95. The number of nitrogens with zero attached hydrogens (tertiary/aromatic N) is 3. The summed E-state index contributed by atoms with van der Waals surface area (Å²) in [4.78, 5) is 34.9. The molecule has 0 aliphatic carbocycles. The summed E-state index contributed by atoms with van der Waals surface area (Å²) < 4.78 is 5.29. The molecule has 112 valence electrons. The molecule has 22 heavy (non-hydrogen) atoms. The first kappa shape index (κ1) is 15.0. The van der Waals surface area contributed by atoms with Crippen LogP contribution in [0.5, 0.6) is 11.6 Å². The third kappa shape index (κ3) is 3.03. The van der Waals surface area contributed by atoms with Crippen molar-refractivity contribution in [3.8, 4) is 11.6 Å². The van der Waals surface area contributed by atoms with Crippen LogP contribution in [0.2, 0.25) is 0 Å². The molecule has 0 fully saturated rings. The summed E-state index contributed by atoms with van der Waals surface area (Å²) in [7, 11) is 0. The number of aldehydes is 1. The maximum absolute atomic E-state index is 10.9. The molecule has 0 amide bonds. The van der Waals surface area contributed by atoms with Crippen LogP contribution in [0.25, 0.3) is 0 Å². The van der Waals surface area contributed by atoms with Crippen molar-refractivity contribution in [1.29, 1.82) is 0 Å². The molecule has 0 radical (unpaired) electrons. The molecule has 0 aliphatic rings. The minimum atomic E-state index is -0.665. The van der Waals surface area contributed by atoms with E-state index in [0.29, 0.717) is 11.8 Å². The van der Waals surface area contributed by atoms with Gasteiger partial charge in [0.25, 0.3) is 5.69 Å². The lowest BCUT2D eigenvalue weighted by atomic mass is 10.2. The predicted molar refractivity (Wildman–Crippen MR) is 74.2 cm³/mol. The normalized spacial score (nSPS) is 10.0. The fourth-order valence-electron chi connectivity index (χ4n) is 1.72. The molecular formula is C13H9N3O6. The van der Waals surface area contributed by atoms with Gasteiger partial charge in [0, 0.05) is 23.3 Å². The number of nitro benzene ring substituents is 1. The van der Waals surface area contributed by atoms with E-state index in [1.54, 1.807) is 0 Å². The van der Waals surface area contributed by atoms with Gasteiger partial charge in [-0.25, -0.2) is 4.98 Å². The van der Waals surface area contributed by atoms with Gasteiger partial charge in [0.2, 0.25) is 11.6 Å². The molecule has 9 heteroatoms. The summed E-state index contributed by atoms with van der Waals surface area (Å²) in [5.74, 6) is -0.218. The first-order valence-corrected chi connectivity index (χ1v) is 5.95. The maximum Gasteiger partial charge on any atom is 0.311 e. The van der Waals surface area contributed by atoms with Crippen LogP contribution in [-0.4, -0.2) is 21.1 Å². The standard InChI is InChI=1S/C13H9N3O6/c1-8-4-13(14-6-11(8)16(20)21)22-12-5-9(7-17)2-3-10(12)15(18)19/h2-7H,1H3. The van der Waals surface area contributed by atoms with Crippen LogP contribution in [0.15, 0.2) is 30.5 Å². The van der Waals surface area contributed by atoms with E-state index in [0.717, 1.165) is 12.3 Å². The molecule has 0 bridgehead atoms. The topological polar surface area (TPSA) is 125 Å². The van der Waals surface area contributed by atoms with E-state index in [-0.39, 0.29) is 28.6 Å². The van der Waals surface area contributed by atoms with E-state index in [4.69, 9.17) is 4.74 Å². The summed E-state index contributed by atoms with van der Waals surface area (Å²) in [6, 6.07) is 4.91. The molecule has 0 saturated heterocycles. The molecule has 0 unspecified atom stereocenters. The van der Waals surface area contributed by atoms with Gasteiger partial charge in [-0.3, -0.25) is 25.0 Å². The second kappa shape index (κ2) is 5.95. The fourth-order valence-corrected chi connectivity index (χ4v) is 1.72. The number of hydrogen-bond donors (Lipinski definition) is 0. The lowest BCUT2D eigenvalue weighted by molar-refractivity contribution is -0.385. The molecule has 0 aliphatic heterocycles. The van der Waals surface area contributed by atoms with Crippen molar-refractivity contribution in [2.75, 3.05) is 0 Å². The molecule has 1 aromatic carbocycles. The minimum Gasteiger partial charge on any atom is -0.432 e. The zero-order chi connectivity index (χ0) is 16.3. The van der Waals surface area contributed by atoms with Gasteiger partial charge < -0.3 is 4.74 Å². The minimum absolute atomic E-state index is 0.0470. The number of ether oxygens (including phenoxy) is 1. The Bertz CT molecular complexity index is 774. The number of nitro groups is 2. The van der Waals surface area contributed by atoms with E-state index in [9.17, 15) is 25.0 Å². The van der Waals surface area contributed by atoms with Crippen LogP contribution in [0.3, 0.4) is 0 Å². The zero-order valence-corrected chi connectivity index (χ0v) is 11.3. The van der Waals surface area contributed by atoms with Crippen LogP contribution in [-0.2, 0) is 0 Å². The Kier molecular flexibility index (Phi) is 4.07. The average molecular weight is 303 g/mol. The second-order valence-corrected chi connectivity index (χ2v) is 4.27. The molecule has 0 saturated carbocycles. The lowest BCUT2D eigenvalue weighted by Gasteiger charge is -2.06. The molecule has 0 N–H and O–H groups in total. The second-order valence-electron chi connectivity index (χ2n) is 4.27. The number of aromatic nitrogens is 1. The van der Waals surface area contributed by atoms with E-state index in [2.05, 4.69) is 4.98 Å². The highest BCUT2D eigenvalue weighted by atomic mass is 16.6. The van der Waals surface area contributed by atoms with Crippen molar-refractivity contribution in [3.05, 3.63) is 61.8 Å². The zero-order valence-electron chi connectivity index (χ0n) is 11.3. The molecular weight excluding hydrogens is 294 g/mol. The van der Waals surface area contributed by atoms with Gasteiger partial charge in [0.15, 0.2) is 0 Å². The number of carbonyl (C=O) groups is 1. The summed E-state index contributed by atoms with van der Waals surface area (Å²) in [5.41, 5.74) is -0.0460. The molecule has 0 spiro atoms. The third-order valence-electron chi connectivity index (χ3n) is 2.79. The van der Waals surface area contributed by atoms with Crippen LogP contribution >= 0.6 is 0 Å². The predicted octanol–water partition coefficient (Wildman–Crippen LogP) is 2.81. The van der Waals surface area contributed by atoms with Gasteiger partial charge in [-0.2, -0.15) is 0 Å². The number of pyridine rings is 1. The number of benzene rings is 1. The van der Waals surface area contributed by atoms with Gasteiger partial charge in [-0.15, -0.1) is 0 Å². The van der Waals surface area contributed by atoms with E-state index < -0.39 is 9.85 Å². The van der Waals surface area contributed by atoms with Crippen molar-refractivity contribution >= 4 is 17.7 Å². The molecule has 2 aromatic rings. The van der Waals surface area contributed by atoms with Crippen molar-refractivity contribution < 1.29 is 19.4 Å². The Morgan fingerprint density at radius 2 is 1.82 bits per heavy atom. The highest BCUT2D eigenvalue weighted by Gasteiger charge is 2.18. The van der Waals surface area contributed by atoms with Gasteiger partial charge in [0.05, 0.1) is 9.85 Å². The summed E-state index contributed by atoms with van der Waals surface area (Å²) in [6.07, 6.45) is 1.52. The summed E-state index contributed by atoms with van der Waals surface area (Å²) in [6.45, 7) is 1.49. The molecule has 1 heterocycles. The van der Waals surface area contributed by atoms with Crippen LogP contribution < -0.4 is 4.74 Å². The Morgan fingerprint density at radius 1 is 1.14 bits per heavy atom. The van der Waals surface area contributed by atoms with Crippen LogP contribution in [0, 0.1) is 27.2 Å². The molecule has 1 aromatic heterocycles. The number of aryl methyl sites for hydroxylation is 1. The Labute approximate surface area is 123 Å². The van der Waals surface area contributed by atoms with E-state index in [1.165, 1.54) is 25.1 Å². The van der Waals surface area contributed by atoms with E-state index >= 15 is 0 Å². The quantitative estimate of drug-likeness (QED) is 0.472. The third-order valence-corrected chi connectivity index (χ3v) is 2.79. The number of rotatable bonds is 5. The molecule has 9 nitrogen and oxygen atoms in total. The Morgan fingerprint density at radius 3 is 2.36 bits per heavy atom. The van der Waals surface area contributed by atoms with Crippen molar-refractivity contribution in [2.45, 2.75) is 6.92 Å². The SMILES string of the molecule is Cc1cc(Oc2cc(C=O)ccc2[N+](=O)[O-])ncc1[N+](=O)[O-]. The van der Waals surface area contributed by atoms with Gasteiger partial charge in [-0.1, -0.05) is 0 Å². The number of carbonyl (C=O) groups excluding carboxylic acids is 1. The van der Waals surface area contributed by atoms with Crippen LogP contribution in [0.1, 0.15) is 15.9 Å². The van der Waals surface area contributed by atoms with Crippen molar-refractivity contribution in [3.63, 3.8) is 0 Å². The smallest absolute Gasteiger partial charge is 0.311 e. The fraction of sp³-hybridized carbons (Fsp3) is 0.0769. The van der Waals surface area contributed by atoms with Gasteiger partial charge >= 0.3 is 5.69 Å². The van der Waals surface area contributed by atoms with E-state index in [1.807, 2.05) is 0 Å². The van der Waals surface area contributed by atoms with Crippen LogP contribution in [0.4, 0.5) is 11.4 Å². The maximum atomic E-state index is 10.9. The largest absolute Gasteiger partial charge is 0.432 e. The summed E-state index contributed by atoms with van der Waals surface area (Å²) in [5, 5.41) is 21.7. The number of hydrogen-bond acceptors (Lipinski definition) is 7. The average Bonchev–Trinajstić information content (AvgIpc) is 2.46. The summed E-state index contributed by atoms with van der Waals surface area (Å²) >= 11 is 0. The lowest BCUT2D eigenvalue weighted by Crippen LogP contribution is -1.98. The van der Waals surface area contributed by atoms with Gasteiger partial charge in [0.1, 0.15) is 12.5 Å². The van der Waals surface area contributed by atoms with Gasteiger partial charge in [-0.05, 0) is 19.1 Å².